The minimum Gasteiger partial charge on any atom is -0.494 e. The summed E-state index contributed by atoms with van der Waals surface area (Å²) in [7, 11) is 0. The van der Waals surface area contributed by atoms with Gasteiger partial charge in [0.1, 0.15) is 5.75 Å². The Hall–Kier alpha value is -2.67. The van der Waals surface area contributed by atoms with Gasteiger partial charge in [0.05, 0.1) is 17.9 Å². The Morgan fingerprint density at radius 3 is 2.75 bits per heavy atom. The van der Waals surface area contributed by atoms with Crippen molar-refractivity contribution < 1.29 is 13.9 Å². The largest absolute Gasteiger partial charge is 0.494 e. The molecule has 1 aromatic carbocycles. The molecule has 24 heavy (non-hydrogen) atoms. The van der Waals surface area contributed by atoms with Crippen LogP contribution in [0.3, 0.4) is 0 Å². The van der Waals surface area contributed by atoms with Crippen molar-refractivity contribution in [2.75, 3.05) is 12.4 Å². The molecule has 0 aliphatic heterocycles. The molecule has 0 aliphatic carbocycles. The van der Waals surface area contributed by atoms with E-state index >= 15 is 0 Å². The van der Waals surface area contributed by atoms with Gasteiger partial charge in [-0.1, -0.05) is 11.8 Å². The molecule has 122 valence electrons. The highest BCUT2D eigenvalue weighted by atomic mass is 32.2. The molecule has 0 saturated carbocycles. The number of carbonyl (C=O) groups is 1. The van der Waals surface area contributed by atoms with Crippen molar-refractivity contribution >= 4 is 17.5 Å². The summed E-state index contributed by atoms with van der Waals surface area (Å²) in [4.78, 5) is 16.2. The number of aromatic nitrogens is 3. The molecule has 0 bridgehead atoms. The number of thioether (sulfide) groups is 1. The predicted molar refractivity (Wildman–Crippen MR) is 90.2 cm³/mol. The third-order valence-electron chi connectivity index (χ3n) is 3.13. The van der Waals surface area contributed by atoms with Crippen LogP contribution in [0.1, 0.15) is 17.3 Å². The first-order valence-corrected chi connectivity index (χ1v) is 8.37. The molecule has 0 aliphatic rings. The zero-order valence-corrected chi connectivity index (χ0v) is 13.8. The summed E-state index contributed by atoms with van der Waals surface area (Å²) < 4.78 is 10.9. The van der Waals surface area contributed by atoms with Gasteiger partial charge < -0.3 is 9.15 Å². The van der Waals surface area contributed by atoms with Crippen molar-refractivity contribution in [1.82, 2.24) is 15.2 Å². The lowest BCUT2D eigenvalue weighted by Gasteiger charge is -2.03. The normalized spacial score (nSPS) is 10.5. The van der Waals surface area contributed by atoms with Crippen LogP contribution in [-0.4, -0.2) is 33.3 Å². The monoisotopic (exact) mass is 341 g/mol. The molecular weight excluding hydrogens is 326 g/mol. The molecule has 0 atom stereocenters. The predicted octanol–water partition coefficient (Wildman–Crippen LogP) is 3.51. The topological polar surface area (TPSA) is 78.1 Å². The van der Waals surface area contributed by atoms with Crippen LogP contribution in [-0.2, 0) is 0 Å². The van der Waals surface area contributed by atoms with E-state index in [2.05, 4.69) is 15.2 Å². The number of ketones is 1. The Kier molecular flexibility index (Phi) is 5.22. The van der Waals surface area contributed by atoms with Crippen molar-refractivity contribution in [3.05, 3.63) is 54.4 Å². The first-order valence-electron chi connectivity index (χ1n) is 7.39. The van der Waals surface area contributed by atoms with Crippen molar-refractivity contribution in [1.29, 1.82) is 0 Å². The lowest BCUT2D eigenvalue weighted by Crippen LogP contribution is -2.02. The average Bonchev–Trinajstić information content (AvgIpc) is 3.10. The second-order valence-electron chi connectivity index (χ2n) is 4.78. The van der Waals surface area contributed by atoms with E-state index in [0.29, 0.717) is 23.3 Å². The van der Waals surface area contributed by atoms with E-state index in [1.807, 2.05) is 13.0 Å². The molecule has 0 fully saturated rings. The maximum absolute atomic E-state index is 12.2. The number of hydrogen-bond donors (Lipinski definition) is 0. The fourth-order valence-electron chi connectivity index (χ4n) is 1.99. The first kappa shape index (κ1) is 16.2. The van der Waals surface area contributed by atoms with Gasteiger partial charge >= 0.3 is 0 Å². The van der Waals surface area contributed by atoms with Gasteiger partial charge in [0.25, 0.3) is 5.22 Å². The van der Waals surface area contributed by atoms with Gasteiger partial charge in [0, 0.05) is 18.0 Å². The Morgan fingerprint density at radius 2 is 2.04 bits per heavy atom. The summed E-state index contributed by atoms with van der Waals surface area (Å²) in [5.41, 5.74) is 1.37. The fourth-order valence-corrected chi connectivity index (χ4v) is 2.65. The number of Topliss-reactive ketones (excluding diaryl/α,β-unsaturated/α-hetero) is 1. The summed E-state index contributed by atoms with van der Waals surface area (Å²) in [6.07, 6.45) is 3.32. The standard InChI is InChI=1S/C17H15N3O3S/c1-2-22-14-7-5-12(6-8-14)15(21)11-24-17-20-19-16(23-17)13-4-3-9-18-10-13/h3-10H,2,11H2,1H3. The average molecular weight is 341 g/mol. The van der Waals surface area contributed by atoms with E-state index in [-0.39, 0.29) is 11.5 Å². The van der Waals surface area contributed by atoms with Crippen molar-refractivity contribution in [2.24, 2.45) is 0 Å². The highest BCUT2D eigenvalue weighted by Crippen LogP contribution is 2.23. The molecule has 0 radical (unpaired) electrons. The third kappa shape index (κ3) is 3.99. The molecule has 0 amide bonds. The Bertz CT molecular complexity index is 803. The van der Waals surface area contributed by atoms with E-state index in [1.54, 1.807) is 42.7 Å². The SMILES string of the molecule is CCOc1ccc(C(=O)CSc2nnc(-c3cccnc3)o2)cc1. The number of rotatable bonds is 7. The highest BCUT2D eigenvalue weighted by Gasteiger charge is 2.12. The fraction of sp³-hybridized carbons (Fsp3) is 0.176. The van der Waals surface area contributed by atoms with E-state index < -0.39 is 0 Å². The minimum absolute atomic E-state index is 0.0100. The van der Waals surface area contributed by atoms with E-state index in [9.17, 15) is 4.79 Å². The highest BCUT2D eigenvalue weighted by molar-refractivity contribution is 7.99. The van der Waals surface area contributed by atoms with E-state index in [4.69, 9.17) is 9.15 Å². The van der Waals surface area contributed by atoms with Gasteiger partial charge in [-0.05, 0) is 43.3 Å². The molecule has 3 rings (SSSR count). The molecule has 3 aromatic rings. The molecular formula is C17H15N3O3S. The van der Waals surface area contributed by atoms with E-state index in [0.717, 1.165) is 11.3 Å². The molecule has 0 unspecified atom stereocenters. The lowest BCUT2D eigenvalue weighted by atomic mass is 10.1. The molecule has 0 saturated heterocycles. The molecule has 0 spiro atoms. The molecule has 0 N–H and O–H groups in total. The van der Waals surface area contributed by atoms with Crippen LogP contribution in [0, 0.1) is 0 Å². The Morgan fingerprint density at radius 1 is 1.21 bits per heavy atom. The Labute approximate surface area is 143 Å². The smallest absolute Gasteiger partial charge is 0.277 e. The number of pyridine rings is 1. The number of hydrogen-bond acceptors (Lipinski definition) is 7. The minimum atomic E-state index is -0.0100. The summed E-state index contributed by atoms with van der Waals surface area (Å²) in [6.45, 7) is 2.51. The van der Waals surface area contributed by atoms with Crippen molar-refractivity contribution in [2.45, 2.75) is 12.1 Å². The van der Waals surface area contributed by atoms with Gasteiger partial charge in [-0.15, -0.1) is 10.2 Å². The maximum Gasteiger partial charge on any atom is 0.277 e. The number of carbonyl (C=O) groups excluding carboxylic acids is 1. The molecule has 7 heteroatoms. The summed E-state index contributed by atoms with van der Waals surface area (Å²) >= 11 is 1.21. The summed E-state index contributed by atoms with van der Waals surface area (Å²) in [5.74, 6) is 1.35. The zero-order chi connectivity index (χ0) is 16.8. The van der Waals surface area contributed by atoms with Gasteiger partial charge in [-0.2, -0.15) is 0 Å². The van der Waals surface area contributed by atoms with Crippen LogP contribution in [0.5, 0.6) is 5.75 Å². The first-order chi connectivity index (χ1) is 11.8. The number of nitrogens with zero attached hydrogens (tertiary/aromatic N) is 3. The van der Waals surface area contributed by atoms with Crippen LogP contribution in [0.4, 0.5) is 0 Å². The zero-order valence-electron chi connectivity index (χ0n) is 13.0. The van der Waals surface area contributed by atoms with E-state index in [1.165, 1.54) is 11.8 Å². The van der Waals surface area contributed by atoms with Crippen molar-refractivity contribution in [3.63, 3.8) is 0 Å². The van der Waals surface area contributed by atoms with Gasteiger partial charge in [0.15, 0.2) is 5.78 Å². The second-order valence-corrected chi connectivity index (χ2v) is 5.71. The summed E-state index contributed by atoms with van der Waals surface area (Å²) in [5, 5.41) is 8.26. The summed E-state index contributed by atoms with van der Waals surface area (Å²) in [6, 6.07) is 10.7. The quantitative estimate of drug-likeness (QED) is 0.480. The second kappa shape index (κ2) is 7.74. The van der Waals surface area contributed by atoms with Crippen LogP contribution in [0.2, 0.25) is 0 Å². The van der Waals surface area contributed by atoms with Crippen molar-refractivity contribution in [3.8, 4) is 17.2 Å². The van der Waals surface area contributed by atoms with Crippen LogP contribution >= 0.6 is 11.8 Å². The van der Waals surface area contributed by atoms with Crippen LogP contribution < -0.4 is 4.74 Å². The van der Waals surface area contributed by atoms with Gasteiger partial charge in [-0.3, -0.25) is 9.78 Å². The number of benzene rings is 1. The number of ether oxygens (including phenoxy) is 1. The lowest BCUT2D eigenvalue weighted by molar-refractivity contribution is 0.102. The molecule has 2 heterocycles. The Balaban J connectivity index is 1.59. The molecule has 6 nitrogen and oxygen atoms in total. The maximum atomic E-state index is 12.2. The van der Waals surface area contributed by atoms with Gasteiger partial charge in [-0.25, -0.2) is 0 Å². The third-order valence-corrected chi connectivity index (χ3v) is 3.95. The van der Waals surface area contributed by atoms with Gasteiger partial charge in [0.2, 0.25) is 5.89 Å². The molecule has 2 aromatic heterocycles. The van der Waals surface area contributed by atoms with Crippen LogP contribution in [0.25, 0.3) is 11.5 Å². The van der Waals surface area contributed by atoms with Crippen LogP contribution in [0.15, 0.2) is 58.4 Å².